The lowest BCUT2D eigenvalue weighted by Gasteiger charge is -2.39. The Hall–Kier alpha value is -5.77. The number of aliphatic hydroxyl groups excluding tert-OH is 1. The van der Waals surface area contributed by atoms with E-state index in [4.69, 9.17) is 33.1 Å². The van der Waals surface area contributed by atoms with Gasteiger partial charge in [0.2, 0.25) is 0 Å². The molecule has 0 radical (unpaired) electrons. The standard InChI is InChI=1S/C50H61N3O12/c1-24-13-12-14-25(2)49(59)52-41-44(57)38-37(40-47(41)64-36-21-33(15-16-34(36)51-40)61-23-32-17-19-53(10)22-32)39-46(30(7)43(38)56)65-50(9,48(39)58)62-20-18-35(60-11)29(6)45(63-31(8)54)28(5)26(3)27(4)42(24)55/h12-16,18,20-21,24,26-29,32,35,42,45,55,57H,17,19,22-23H2,1-11H3,(H,52,59)/b13-12+,20-18+,25-14-/t24-,26+,27-,28+,29+,32?,35-,42-,45-,50-/m0/s1. The molecule has 4 bridgehead atoms. The zero-order valence-electron chi connectivity index (χ0n) is 39.0. The second-order valence-corrected chi connectivity index (χ2v) is 18.5. The SMILES string of the molecule is CO[C@H]1/C=C/O[C@@]2(C)Oc3c(C)c(=O)c4c(O)c(c5oc6cc(OCC7CCN(C)C7)ccc6nc5c4c3C2=O)NC(=O)/C(C)=C\C=C\[C@H](C)[C@H](O)[C@@H](C)[C@@H](C)[C@@H](C)[C@H](OC(C)=O)[C@@H]1C. The third-order valence-electron chi connectivity index (χ3n) is 13.9. The number of amides is 1. The fourth-order valence-corrected chi connectivity index (χ4v) is 9.47. The number of aromatic hydroxyl groups is 1. The summed E-state index contributed by atoms with van der Waals surface area (Å²) in [7, 11) is 3.58. The molecular formula is C50H61N3O12. The Bertz CT molecular complexity index is 2690. The number of nitrogens with one attached hydrogen (secondary N) is 1. The second-order valence-electron chi connectivity index (χ2n) is 18.5. The Kier molecular flexibility index (Phi) is 13.5. The van der Waals surface area contributed by atoms with Gasteiger partial charge >= 0.3 is 11.8 Å². The molecule has 1 amide bonds. The van der Waals surface area contributed by atoms with E-state index in [2.05, 4.69) is 17.3 Å². The van der Waals surface area contributed by atoms with Crippen LogP contribution in [0.3, 0.4) is 0 Å². The van der Waals surface area contributed by atoms with Crippen molar-refractivity contribution in [2.45, 2.75) is 92.8 Å². The zero-order valence-corrected chi connectivity index (χ0v) is 39.0. The second kappa shape index (κ2) is 18.6. The molecule has 348 valence electrons. The highest BCUT2D eigenvalue weighted by Gasteiger charge is 2.49. The predicted octanol–water partition coefficient (Wildman–Crippen LogP) is 7.60. The third kappa shape index (κ3) is 8.97. The molecule has 65 heavy (non-hydrogen) atoms. The van der Waals surface area contributed by atoms with Crippen molar-refractivity contribution < 1.29 is 52.7 Å². The third-order valence-corrected chi connectivity index (χ3v) is 13.9. The van der Waals surface area contributed by atoms with Gasteiger partial charge in [0.15, 0.2) is 22.3 Å². The smallest absolute Gasteiger partial charge is 0.312 e. The van der Waals surface area contributed by atoms with Gasteiger partial charge < -0.3 is 48.5 Å². The van der Waals surface area contributed by atoms with Crippen LogP contribution in [-0.4, -0.2) is 95.7 Å². The van der Waals surface area contributed by atoms with Gasteiger partial charge in [0.05, 0.1) is 36.0 Å². The molecule has 15 nitrogen and oxygen atoms in total. The van der Waals surface area contributed by atoms with E-state index in [1.54, 1.807) is 49.4 Å². The minimum absolute atomic E-state index is 0.00871. The van der Waals surface area contributed by atoms with Crippen LogP contribution in [-0.2, 0) is 23.8 Å². The maximum atomic E-state index is 14.8. The number of hydrogen-bond donors (Lipinski definition) is 3. The van der Waals surface area contributed by atoms with E-state index in [0.717, 1.165) is 19.5 Å². The summed E-state index contributed by atoms with van der Waals surface area (Å²) < 4.78 is 36.9. The lowest BCUT2D eigenvalue weighted by atomic mass is 9.73. The number of anilines is 1. The van der Waals surface area contributed by atoms with Crippen molar-refractivity contribution in [2.24, 2.45) is 35.5 Å². The Morgan fingerprint density at radius 3 is 2.45 bits per heavy atom. The topological polar surface area (TPSA) is 196 Å². The number of phenolic OH excluding ortho intramolecular Hbond substituents is 1. The molecule has 1 unspecified atom stereocenters. The number of ether oxygens (including phenoxy) is 5. The summed E-state index contributed by atoms with van der Waals surface area (Å²) in [5.41, 5.74) is -0.207. The van der Waals surface area contributed by atoms with E-state index in [1.807, 2.05) is 34.6 Å². The lowest BCUT2D eigenvalue weighted by Crippen LogP contribution is -2.43. The van der Waals surface area contributed by atoms with Crippen LogP contribution < -0.4 is 20.2 Å². The van der Waals surface area contributed by atoms with Gasteiger partial charge in [-0.25, -0.2) is 4.98 Å². The average Bonchev–Trinajstić information content (AvgIpc) is 3.82. The molecule has 7 rings (SSSR count). The Morgan fingerprint density at radius 2 is 1.77 bits per heavy atom. The number of aromatic nitrogens is 1. The molecule has 3 N–H and O–H groups in total. The van der Waals surface area contributed by atoms with Gasteiger partial charge in [-0.05, 0) is 69.8 Å². The highest BCUT2D eigenvalue weighted by Crippen LogP contribution is 2.48. The van der Waals surface area contributed by atoms with Gasteiger partial charge in [0.1, 0.15) is 34.3 Å². The van der Waals surface area contributed by atoms with Crippen molar-refractivity contribution in [3.8, 4) is 17.2 Å². The molecule has 0 saturated carbocycles. The van der Waals surface area contributed by atoms with Crippen molar-refractivity contribution in [1.29, 1.82) is 0 Å². The quantitative estimate of drug-likeness (QED) is 0.0767. The number of carbonyl (C=O) groups is 3. The first-order valence-corrected chi connectivity index (χ1v) is 22.3. The van der Waals surface area contributed by atoms with Gasteiger partial charge in [-0.1, -0.05) is 52.8 Å². The summed E-state index contributed by atoms with van der Waals surface area (Å²) in [6.45, 7) is 17.9. The number of likely N-dealkylation sites (tertiary alicyclic amines) is 1. The fraction of sp³-hybridized carbons (Fsp3) is 0.500. The van der Waals surface area contributed by atoms with Crippen LogP contribution in [0.1, 0.15) is 77.7 Å². The number of carbonyl (C=O) groups excluding carboxylic acids is 3. The monoisotopic (exact) mass is 895 g/mol. The normalized spacial score (nSPS) is 31.1. The van der Waals surface area contributed by atoms with Crippen LogP contribution in [0, 0.1) is 42.4 Å². The Balaban J connectivity index is 1.41. The first kappa shape index (κ1) is 47.2. The van der Waals surface area contributed by atoms with Gasteiger partial charge in [-0.3, -0.25) is 19.2 Å². The number of rotatable bonds is 5. The van der Waals surface area contributed by atoms with E-state index in [1.165, 1.54) is 34.1 Å². The van der Waals surface area contributed by atoms with Gasteiger partial charge in [-0.2, -0.15) is 0 Å². The molecule has 1 aromatic heterocycles. The molecule has 0 aliphatic carbocycles. The minimum Gasteiger partial charge on any atom is -0.505 e. The van der Waals surface area contributed by atoms with Crippen LogP contribution in [0.2, 0.25) is 0 Å². The van der Waals surface area contributed by atoms with Crippen molar-refractivity contribution in [1.82, 2.24) is 9.88 Å². The Morgan fingerprint density at radius 1 is 1.03 bits per heavy atom. The van der Waals surface area contributed by atoms with E-state index in [-0.39, 0.29) is 79.3 Å². The molecule has 3 aliphatic rings. The molecule has 4 heterocycles. The van der Waals surface area contributed by atoms with Crippen LogP contribution in [0.4, 0.5) is 5.69 Å². The number of hydrogen-bond acceptors (Lipinski definition) is 14. The summed E-state index contributed by atoms with van der Waals surface area (Å²) in [5.74, 6) is -5.01. The maximum Gasteiger partial charge on any atom is 0.312 e. The molecular weight excluding hydrogens is 835 g/mol. The van der Waals surface area contributed by atoms with Crippen molar-refractivity contribution in [3.63, 3.8) is 0 Å². The summed E-state index contributed by atoms with van der Waals surface area (Å²) in [6, 6.07) is 5.13. The molecule has 15 heteroatoms. The number of ketones is 1. The van der Waals surface area contributed by atoms with E-state index in [9.17, 15) is 29.4 Å². The molecule has 3 aromatic carbocycles. The van der Waals surface area contributed by atoms with Crippen LogP contribution in [0.15, 0.2) is 63.6 Å². The average molecular weight is 896 g/mol. The van der Waals surface area contributed by atoms with Crippen LogP contribution in [0.5, 0.6) is 17.2 Å². The largest absolute Gasteiger partial charge is 0.505 e. The number of esters is 1. The molecule has 3 aliphatic heterocycles. The summed E-state index contributed by atoms with van der Waals surface area (Å²) in [4.78, 5) is 62.8. The number of nitrogens with zero attached hydrogens (tertiary/aromatic N) is 2. The Labute approximate surface area is 378 Å². The van der Waals surface area contributed by atoms with Gasteiger partial charge in [-0.15, -0.1) is 0 Å². The number of Topliss-reactive ketones (excluding diaryl/α,β-unsaturated/α-hetero) is 1. The molecule has 0 spiro atoms. The van der Waals surface area contributed by atoms with Crippen molar-refractivity contribution >= 4 is 56.3 Å². The summed E-state index contributed by atoms with van der Waals surface area (Å²) in [6.07, 6.45) is 6.80. The minimum atomic E-state index is -2.00. The van der Waals surface area contributed by atoms with Crippen molar-refractivity contribution in [3.05, 3.63) is 75.7 Å². The number of fused-ring (bicyclic) bond motifs is 2. The van der Waals surface area contributed by atoms with Crippen LogP contribution in [0.25, 0.3) is 33.0 Å². The van der Waals surface area contributed by atoms with Gasteiger partial charge in [0.25, 0.3) is 11.7 Å². The molecule has 1 saturated heterocycles. The number of benzene rings is 3. The first-order valence-electron chi connectivity index (χ1n) is 22.3. The number of phenols is 1. The van der Waals surface area contributed by atoms with Gasteiger partial charge in [0, 0.05) is 67.8 Å². The van der Waals surface area contributed by atoms with E-state index >= 15 is 0 Å². The molecule has 1 fully saturated rings. The predicted molar refractivity (Wildman–Crippen MR) is 246 cm³/mol. The first-order chi connectivity index (χ1) is 30.8. The van der Waals surface area contributed by atoms with Crippen molar-refractivity contribution in [2.75, 3.05) is 39.2 Å². The maximum absolute atomic E-state index is 14.8. The summed E-state index contributed by atoms with van der Waals surface area (Å²) in [5, 5.41) is 26.2. The van der Waals surface area contributed by atoms with E-state index < -0.39 is 58.9 Å². The molecule has 10 atom stereocenters. The summed E-state index contributed by atoms with van der Waals surface area (Å²) >= 11 is 0. The zero-order chi connectivity index (χ0) is 47.2. The lowest BCUT2D eigenvalue weighted by molar-refractivity contribution is -0.157. The van der Waals surface area contributed by atoms with Crippen LogP contribution >= 0.6 is 0 Å². The fourth-order valence-electron chi connectivity index (χ4n) is 9.47. The number of allylic oxidation sites excluding steroid dienone is 2. The highest BCUT2D eigenvalue weighted by atomic mass is 16.7. The van der Waals surface area contributed by atoms with E-state index in [0.29, 0.717) is 23.8 Å². The number of aliphatic hydroxyl groups is 1. The molecule has 4 aromatic rings. The highest BCUT2D eigenvalue weighted by molar-refractivity contribution is 6.26. The number of methoxy groups -OCH3 is 1.